The first-order chi connectivity index (χ1) is 14.3. The van der Waals surface area contributed by atoms with Gasteiger partial charge in [0.05, 0.1) is 5.02 Å². The number of halogens is 1. The SMILES string of the molecule is CC(=O)N1CCc2cc(C(=O)C(C)OC(=O)c3oc4c(Cl)cccc4c3C)ccc21. The predicted molar refractivity (Wildman–Crippen MR) is 113 cm³/mol. The molecule has 30 heavy (non-hydrogen) atoms. The molecule has 0 aliphatic carbocycles. The number of carbonyl (C=O) groups excluding carboxylic acids is 3. The number of furan rings is 1. The average molecular weight is 426 g/mol. The van der Waals surface area contributed by atoms with Crippen LogP contribution >= 0.6 is 11.6 Å². The summed E-state index contributed by atoms with van der Waals surface area (Å²) in [5, 5.41) is 1.12. The molecular formula is C23H20ClNO5. The Hall–Kier alpha value is -3.12. The maximum Gasteiger partial charge on any atom is 0.375 e. The highest BCUT2D eigenvalue weighted by molar-refractivity contribution is 6.35. The molecule has 7 heteroatoms. The molecule has 1 amide bonds. The summed E-state index contributed by atoms with van der Waals surface area (Å²) in [6.07, 6.45) is -0.313. The van der Waals surface area contributed by atoms with Gasteiger partial charge in [0.25, 0.3) is 0 Å². The molecule has 0 bridgehead atoms. The van der Waals surface area contributed by atoms with E-state index >= 15 is 0 Å². The predicted octanol–water partition coefficient (Wildman–Crippen LogP) is 4.73. The fourth-order valence-electron chi connectivity index (χ4n) is 3.79. The molecule has 0 saturated carbocycles. The number of rotatable bonds is 4. The van der Waals surface area contributed by atoms with Crippen molar-refractivity contribution in [3.05, 3.63) is 63.9 Å². The summed E-state index contributed by atoms with van der Waals surface area (Å²) in [7, 11) is 0. The zero-order valence-corrected chi connectivity index (χ0v) is 17.6. The molecule has 3 aromatic rings. The van der Waals surface area contributed by atoms with Crippen LogP contribution in [0.3, 0.4) is 0 Å². The van der Waals surface area contributed by atoms with E-state index in [1.807, 2.05) is 0 Å². The molecule has 0 radical (unpaired) electrons. The summed E-state index contributed by atoms with van der Waals surface area (Å²) < 4.78 is 11.0. The van der Waals surface area contributed by atoms with Crippen LogP contribution in [0, 0.1) is 6.92 Å². The maximum absolute atomic E-state index is 12.8. The van der Waals surface area contributed by atoms with E-state index in [9.17, 15) is 14.4 Å². The highest BCUT2D eigenvalue weighted by Gasteiger charge is 2.27. The highest BCUT2D eigenvalue weighted by Crippen LogP contribution is 2.32. The first-order valence-electron chi connectivity index (χ1n) is 9.61. The van der Waals surface area contributed by atoms with Gasteiger partial charge in [-0.15, -0.1) is 0 Å². The third kappa shape index (κ3) is 3.37. The molecule has 1 aliphatic rings. The Balaban J connectivity index is 1.53. The molecule has 0 N–H and O–H groups in total. The van der Waals surface area contributed by atoms with Crippen LogP contribution in [-0.2, 0) is 16.0 Å². The van der Waals surface area contributed by atoms with Crippen molar-refractivity contribution in [1.82, 2.24) is 0 Å². The Labute approximate surface area is 178 Å². The lowest BCUT2D eigenvalue weighted by atomic mass is 10.0. The van der Waals surface area contributed by atoms with Gasteiger partial charge in [0.1, 0.15) is 0 Å². The van der Waals surface area contributed by atoms with Crippen molar-refractivity contribution in [1.29, 1.82) is 0 Å². The van der Waals surface area contributed by atoms with Crippen LogP contribution in [0.4, 0.5) is 5.69 Å². The lowest BCUT2D eigenvalue weighted by Crippen LogP contribution is -2.26. The van der Waals surface area contributed by atoms with Gasteiger partial charge in [-0.25, -0.2) is 4.79 Å². The number of fused-ring (bicyclic) bond motifs is 2. The van der Waals surface area contributed by atoms with E-state index in [1.54, 1.807) is 48.2 Å². The smallest absolute Gasteiger partial charge is 0.375 e. The summed E-state index contributed by atoms with van der Waals surface area (Å²) in [6.45, 7) is 5.39. The number of Topliss-reactive ketones (excluding diaryl/α,β-unsaturated/α-hetero) is 1. The number of anilines is 1. The minimum Gasteiger partial charge on any atom is -0.448 e. The third-order valence-corrected chi connectivity index (χ3v) is 5.69. The van der Waals surface area contributed by atoms with Gasteiger partial charge in [-0.2, -0.15) is 0 Å². The van der Waals surface area contributed by atoms with E-state index in [4.69, 9.17) is 20.8 Å². The average Bonchev–Trinajstić information content (AvgIpc) is 3.29. The number of amides is 1. The van der Waals surface area contributed by atoms with Crippen molar-refractivity contribution in [2.75, 3.05) is 11.4 Å². The lowest BCUT2D eigenvalue weighted by molar-refractivity contribution is -0.116. The van der Waals surface area contributed by atoms with E-state index in [2.05, 4.69) is 0 Å². The number of benzene rings is 2. The number of hydrogen-bond donors (Lipinski definition) is 0. The second kappa shape index (κ2) is 7.61. The summed E-state index contributed by atoms with van der Waals surface area (Å²) in [4.78, 5) is 38.8. The van der Waals surface area contributed by atoms with E-state index in [0.717, 1.165) is 16.6 Å². The number of ketones is 1. The minimum atomic E-state index is -0.996. The summed E-state index contributed by atoms with van der Waals surface area (Å²) in [5.41, 5.74) is 3.20. The van der Waals surface area contributed by atoms with Crippen molar-refractivity contribution >= 4 is 45.9 Å². The molecule has 154 valence electrons. The van der Waals surface area contributed by atoms with Gasteiger partial charge in [0.2, 0.25) is 17.5 Å². The van der Waals surface area contributed by atoms with Crippen molar-refractivity contribution in [2.45, 2.75) is 33.3 Å². The molecule has 1 aliphatic heterocycles. The first kappa shape index (κ1) is 20.2. The molecule has 2 heterocycles. The van der Waals surface area contributed by atoms with Gasteiger partial charge in [-0.1, -0.05) is 23.7 Å². The number of carbonyl (C=O) groups is 3. The summed E-state index contributed by atoms with van der Waals surface area (Å²) in [5.74, 6) is -1.04. The van der Waals surface area contributed by atoms with Crippen molar-refractivity contribution in [3.8, 4) is 0 Å². The number of ether oxygens (including phenoxy) is 1. The normalized spacial score (nSPS) is 13.9. The van der Waals surface area contributed by atoms with Crippen LogP contribution < -0.4 is 4.90 Å². The molecule has 1 unspecified atom stereocenters. The van der Waals surface area contributed by atoms with E-state index in [0.29, 0.717) is 34.7 Å². The number of aryl methyl sites for hydroxylation is 1. The Morgan fingerprint density at radius 2 is 1.97 bits per heavy atom. The maximum atomic E-state index is 12.8. The monoisotopic (exact) mass is 425 g/mol. The van der Waals surface area contributed by atoms with Crippen LogP contribution in [0.15, 0.2) is 40.8 Å². The second-order valence-electron chi connectivity index (χ2n) is 7.35. The lowest BCUT2D eigenvalue weighted by Gasteiger charge is -2.15. The number of hydrogen-bond acceptors (Lipinski definition) is 5. The molecule has 4 rings (SSSR count). The van der Waals surface area contributed by atoms with Crippen LogP contribution in [0.5, 0.6) is 0 Å². The second-order valence-corrected chi connectivity index (χ2v) is 7.76. The molecule has 0 saturated heterocycles. The Kier molecular flexibility index (Phi) is 5.12. The van der Waals surface area contributed by atoms with Crippen molar-refractivity contribution in [2.24, 2.45) is 0 Å². The van der Waals surface area contributed by atoms with Crippen LogP contribution in [0.2, 0.25) is 5.02 Å². The molecule has 6 nitrogen and oxygen atoms in total. The Morgan fingerprint density at radius 3 is 2.67 bits per heavy atom. The van der Waals surface area contributed by atoms with Gasteiger partial charge in [0, 0.05) is 35.7 Å². The molecule has 1 aromatic heterocycles. The standard InChI is InChI=1S/C23H20ClNO5/c1-12-17-5-4-6-18(24)22(17)30-21(12)23(28)29-13(2)20(27)16-7-8-19-15(11-16)9-10-25(19)14(3)26/h4-8,11,13H,9-10H2,1-3H3. The molecule has 0 spiro atoms. The summed E-state index contributed by atoms with van der Waals surface area (Å²) in [6, 6.07) is 10.4. The van der Waals surface area contributed by atoms with E-state index in [-0.39, 0.29) is 17.5 Å². The fraction of sp³-hybridized carbons (Fsp3) is 0.261. The fourth-order valence-corrected chi connectivity index (χ4v) is 4.00. The van der Waals surface area contributed by atoms with E-state index in [1.165, 1.54) is 13.8 Å². The van der Waals surface area contributed by atoms with E-state index < -0.39 is 12.1 Å². The molecule has 2 aromatic carbocycles. The van der Waals surface area contributed by atoms with Crippen LogP contribution in [0.25, 0.3) is 11.0 Å². The van der Waals surface area contributed by atoms with Crippen molar-refractivity contribution in [3.63, 3.8) is 0 Å². The third-order valence-electron chi connectivity index (χ3n) is 5.39. The molecule has 0 fully saturated rings. The number of para-hydroxylation sites is 1. The Morgan fingerprint density at radius 1 is 1.20 bits per heavy atom. The van der Waals surface area contributed by atoms with Gasteiger partial charge in [-0.05, 0) is 50.1 Å². The minimum absolute atomic E-state index is 0.0311. The zero-order chi connectivity index (χ0) is 21.6. The van der Waals surface area contributed by atoms with Gasteiger partial charge >= 0.3 is 5.97 Å². The molecular weight excluding hydrogens is 406 g/mol. The van der Waals surface area contributed by atoms with Gasteiger partial charge in [-0.3, -0.25) is 9.59 Å². The topological polar surface area (TPSA) is 76.8 Å². The van der Waals surface area contributed by atoms with Crippen LogP contribution in [-0.4, -0.2) is 30.3 Å². The van der Waals surface area contributed by atoms with Gasteiger partial charge in [0.15, 0.2) is 11.7 Å². The largest absolute Gasteiger partial charge is 0.448 e. The number of esters is 1. The number of nitrogens with zero attached hydrogens (tertiary/aromatic N) is 1. The van der Waals surface area contributed by atoms with Crippen LogP contribution in [0.1, 0.15) is 45.9 Å². The van der Waals surface area contributed by atoms with Crippen molar-refractivity contribution < 1.29 is 23.5 Å². The quantitative estimate of drug-likeness (QED) is 0.446. The Bertz CT molecular complexity index is 1200. The first-order valence-corrected chi connectivity index (χ1v) is 9.99. The zero-order valence-electron chi connectivity index (χ0n) is 16.8. The summed E-state index contributed by atoms with van der Waals surface area (Å²) >= 11 is 6.13. The van der Waals surface area contributed by atoms with Gasteiger partial charge < -0.3 is 14.1 Å². The molecule has 1 atom stereocenters. The highest BCUT2D eigenvalue weighted by atomic mass is 35.5.